The summed E-state index contributed by atoms with van der Waals surface area (Å²) < 4.78 is 0. The molecule has 2 aromatic rings. The van der Waals surface area contributed by atoms with Gasteiger partial charge >= 0.3 is 5.97 Å². The molecule has 0 amide bonds. The van der Waals surface area contributed by atoms with Crippen LogP contribution in [0.1, 0.15) is 12.5 Å². The quantitative estimate of drug-likeness (QED) is 0.926. The molecule has 1 aliphatic rings. The molecule has 2 heterocycles. The zero-order valence-electron chi connectivity index (χ0n) is 11.5. The minimum Gasteiger partial charge on any atom is -0.481 e. The molecule has 4 heteroatoms. The Balaban J connectivity index is 1.69. The Hall–Kier alpha value is -1.94. The summed E-state index contributed by atoms with van der Waals surface area (Å²) >= 11 is 0. The highest BCUT2D eigenvalue weighted by Crippen LogP contribution is 2.27. The fourth-order valence-electron chi connectivity index (χ4n) is 2.80. The molecule has 0 saturated carbocycles. The van der Waals surface area contributed by atoms with E-state index < -0.39 is 5.97 Å². The Labute approximate surface area is 118 Å². The van der Waals surface area contributed by atoms with Crippen molar-refractivity contribution in [2.45, 2.75) is 13.5 Å². The molecule has 1 fully saturated rings. The molecule has 0 radical (unpaired) electrons. The summed E-state index contributed by atoms with van der Waals surface area (Å²) in [6.45, 7) is 4.36. The third-order valence-corrected chi connectivity index (χ3v) is 4.23. The number of aliphatic carboxylic acids is 1. The number of likely N-dealkylation sites (tertiary alicyclic amines) is 1. The van der Waals surface area contributed by atoms with Crippen molar-refractivity contribution >= 4 is 16.7 Å². The molecule has 0 spiro atoms. The van der Waals surface area contributed by atoms with Crippen LogP contribution in [0.3, 0.4) is 0 Å². The lowest BCUT2D eigenvalue weighted by atomic mass is 9.87. The van der Waals surface area contributed by atoms with Gasteiger partial charge in [0, 0.05) is 37.4 Å². The van der Waals surface area contributed by atoms with Gasteiger partial charge in [-0.05, 0) is 16.9 Å². The fourth-order valence-corrected chi connectivity index (χ4v) is 2.80. The summed E-state index contributed by atoms with van der Waals surface area (Å²) in [5.41, 5.74) is 1.21. The molecule has 1 atom stereocenters. The van der Waals surface area contributed by atoms with Crippen molar-refractivity contribution in [1.29, 1.82) is 0 Å². The summed E-state index contributed by atoms with van der Waals surface area (Å²) in [5.74, 6) is -0.672. The average Bonchev–Trinajstić information content (AvgIpc) is 2.41. The second kappa shape index (κ2) is 5.21. The Morgan fingerprint density at radius 1 is 1.40 bits per heavy atom. The fraction of sp³-hybridized carbons (Fsp3) is 0.375. The maximum atomic E-state index is 10.9. The van der Waals surface area contributed by atoms with Crippen molar-refractivity contribution in [2.24, 2.45) is 11.8 Å². The first kappa shape index (κ1) is 13.1. The number of carbonyl (C=O) groups is 1. The van der Waals surface area contributed by atoms with Crippen LogP contribution in [0.15, 0.2) is 36.7 Å². The molecule has 0 aliphatic carbocycles. The monoisotopic (exact) mass is 270 g/mol. The molecule has 1 aromatic heterocycles. The maximum absolute atomic E-state index is 10.9. The van der Waals surface area contributed by atoms with E-state index in [2.05, 4.69) is 22.0 Å². The molecule has 20 heavy (non-hydrogen) atoms. The van der Waals surface area contributed by atoms with Gasteiger partial charge in [-0.25, -0.2) is 0 Å². The van der Waals surface area contributed by atoms with Gasteiger partial charge in [0.1, 0.15) is 0 Å². The van der Waals surface area contributed by atoms with E-state index in [1.54, 1.807) is 6.92 Å². The summed E-state index contributed by atoms with van der Waals surface area (Å²) in [4.78, 5) is 17.5. The Morgan fingerprint density at radius 3 is 2.90 bits per heavy atom. The Morgan fingerprint density at radius 2 is 2.15 bits per heavy atom. The summed E-state index contributed by atoms with van der Waals surface area (Å²) in [5, 5.41) is 11.4. The number of carboxylic acid groups (broad SMARTS) is 1. The second-order valence-electron chi connectivity index (χ2n) is 5.60. The van der Waals surface area contributed by atoms with Crippen molar-refractivity contribution in [3.8, 4) is 0 Å². The van der Waals surface area contributed by atoms with Gasteiger partial charge in [0.15, 0.2) is 0 Å². The van der Waals surface area contributed by atoms with E-state index in [9.17, 15) is 4.79 Å². The smallest absolute Gasteiger partial charge is 0.306 e. The van der Waals surface area contributed by atoms with Gasteiger partial charge < -0.3 is 5.11 Å². The van der Waals surface area contributed by atoms with Crippen molar-refractivity contribution in [2.75, 3.05) is 13.1 Å². The predicted molar refractivity (Wildman–Crippen MR) is 77.3 cm³/mol. The van der Waals surface area contributed by atoms with Gasteiger partial charge in [0.25, 0.3) is 0 Å². The van der Waals surface area contributed by atoms with Crippen LogP contribution in [-0.2, 0) is 11.3 Å². The number of carboxylic acids is 1. The number of hydrogen-bond donors (Lipinski definition) is 1. The number of benzene rings is 1. The number of nitrogens with zero attached hydrogens (tertiary/aromatic N) is 2. The van der Waals surface area contributed by atoms with Crippen LogP contribution in [0.25, 0.3) is 10.8 Å². The first-order valence-electron chi connectivity index (χ1n) is 6.92. The van der Waals surface area contributed by atoms with Gasteiger partial charge in [0.2, 0.25) is 0 Å². The highest BCUT2D eigenvalue weighted by atomic mass is 16.4. The topological polar surface area (TPSA) is 53.4 Å². The van der Waals surface area contributed by atoms with E-state index in [-0.39, 0.29) is 11.8 Å². The normalized spacial score (nSPS) is 17.9. The molecular formula is C16H18N2O2. The zero-order chi connectivity index (χ0) is 14.1. The number of pyridine rings is 1. The summed E-state index contributed by atoms with van der Waals surface area (Å²) in [7, 11) is 0. The van der Waals surface area contributed by atoms with E-state index in [1.165, 1.54) is 10.9 Å². The largest absolute Gasteiger partial charge is 0.481 e. The van der Waals surface area contributed by atoms with E-state index in [1.807, 2.05) is 24.5 Å². The van der Waals surface area contributed by atoms with Crippen molar-refractivity contribution in [1.82, 2.24) is 9.88 Å². The van der Waals surface area contributed by atoms with Gasteiger partial charge in [-0.15, -0.1) is 0 Å². The standard InChI is InChI=1S/C16H18N2O2/c1-11(16(19)20)14-9-18(10-14)8-13-7-17-6-12-4-2-3-5-15(12)13/h2-7,11,14H,8-10H2,1H3,(H,19,20). The number of fused-ring (bicyclic) bond motifs is 1. The van der Waals surface area contributed by atoms with E-state index in [4.69, 9.17) is 5.11 Å². The van der Waals surface area contributed by atoms with Crippen molar-refractivity contribution < 1.29 is 9.90 Å². The lowest BCUT2D eigenvalue weighted by Gasteiger charge is -2.41. The lowest BCUT2D eigenvalue weighted by Crippen LogP contribution is -2.50. The van der Waals surface area contributed by atoms with Crippen LogP contribution in [0, 0.1) is 11.8 Å². The molecule has 3 rings (SSSR count). The van der Waals surface area contributed by atoms with Gasteiger partial charge in [-0.1, -0.05) is 31.2 Å². The predicted octanol–water partition coefficient (Wildman–Crippen LogP) is 2.39. The van der Waals surface area contributed by atoms with Crippen LogP contribution in [0.4, 0.5) is 0 Å². The molecule has 104 valence electrons. The van der Waals surface area contributed by atoms with E-state index >= 15 is 0 Å². The van der Waals surface area contributed by atoms with Crippen LogP contribution in [0.5, 0.6) is 0 Å². The number of hydrogen-bond acceptors (Lipinski definition) is 3. The summed E-state index contributed by atoms with van der Waals surface area (Å²) in [6, 6.07) is 8.24. The second-order valence-corrected chi connectivity index (χ2v) is 5.60. The molecule has 1 N–H and O–H groups in total. The van der Waals surface area contributed by atoms with Crippen molar-refractivity contribution in [3.63, 3.8) is 0 Å². The number of aromatic nitrogens is 1. The summed E-state index contributed by atoms with van der Waals surface area (Å²) in [6.07, 6.45) is 3.79. The first-order valence-corrected chi connectivity index (χ1v) is 6.92. The number of rotatable bonds is 4. The molecule has 1 unspecified atom stereocenters. The van der Waals surface area contributed by atoms with E-state index in [0.717, 1.165) is 25.0 Å². The van der Waals surface area contributed by atoms with Crippen molar-refractivity contribution in [3.05, 3.63) is 42.2 Å². The molecular weight excluding hydrogens is 252 g/mol. The lowest BCUT2D eigenvalue weighted by molar-refractivity contribution is -0.145. The molecule has 1 saturated heterocycles. The van der Waals surface area contributed by atoms with Gasteiger partial charge in [-0.3, -0.25) is 14.7 Å². The maximum Gasteiger partial charge on any atom is 0.306 e. The third kappa shape index (κ3) is 2.39. The van der Waals surface area contributed by atoms with Crippen LogP contribution < -0.4 is 0 Å². The minimum absolute atomic E-state index is 0.253. The Kier molecular flexibility index (Phi) is 3.40. The average molecular weight is 270 g/mol. The molecule has 4 nitrogen and oxygen atoms in total. The molecule has 1 aromatic carbocycles. The first-order chi connectivity index (χ1) is 9.65. The van der Waals surface area contributed by atoms with Crippen LogP contribution in [0.2, 0.25) is 0 Å². The minimum atomic E-state index is -0.693. The highest BCUT2D eigenvalue weighted by molar-refractivity contribution is 5.84. The molecule has 1 aliphatic heterocycles. The third-order valence-electron chi connectivity index (χ3n) is 4.23. The van der Waals surface area contributed by atoms with Crippen LogP contribution in [-0.4, -0.2) is 34.0 Å². The SMILES string of the molecule is CC(C(=O)O)C1CN(Cc2cncc3ccccc23)C1. The van der Waals surface area contributed by atoms with E-state index in [0.29, 0.717) is 0 Å². The van der Waals surface area contributed by atoms with Crippen LogP contribution >= 0.6 is 0 Å². The molecule has 0 bridgehead atoms. The highest BCUT2D eigenvalue weighted by Gasteiger charge is 2.34. The van der Waals surface area contributed by atoms with Gasteiger partial charge in [0.05, 0.1) is 5.92 Å². The zero-order valence-corrected chi connectivity index (χ0v) is 11.5. The Bertz CT molecular complexity index is 630. The van der Waals surface area contributed by atoms with Gasteiger partial charge in [-0.2, -0.15) is 0 Å².